The Morgan fingerprint density at radius 3 is 2.48 bits per heavy atom. The van der Waals surface area contributed by atoms with Crippen LogP contribution in [0.3, 0.4) is 0 Å². The fourth-order valence-electron chi connectivity index (χ4n) is 2.31. The van der Waals surface area contributed by atoms with Crippen LogP contribution in [-0.4, -0.2) is 52.6 Å². The monoisotopic (exact) mass is 314 g/mol. The van der Waals surface area contributed by atoms with Crippen molar-refractivity contribution in [2.24, 2.45) is 0 Å². The van der Waals surface area contributed by atoms with E-state index in [0.29, 0.717) is 31.1 Å². The van der Waals surface area contributed by atoms with Crippen LogP contribution >= 0.6 is 0 Å². The molecule has 1 aliphatic rings. The Bertz CT molecular complexity index is 585. The zero-order valence-electron chi connectivity index (χ0n) is 12.6. The van der Waals surface area contributed by atoms with E-state index in [-0.39, 0.29) is 10.9 Å². The van der Waals surface area contributed by atoms with Crippen LogP contribution < -0.4 is 14.8 Å². The van der Waals surface area contributed by atoms with Gasteiger partial charge in [-0.2, -0.15) is 4.31 Å². The number of nitrogens with zero attached hydrogens (tertiary/aromatic N) is 1. The molecule has 2 rings (SSSR count). The summed E-state index contributed by atoms with van der Waals surface area (Å²) in [7, 11) is -0.630. The molecule has 0 radical (unpaired) electrons. The van der Waals surface area contributed by atoms with Crippen molar-refractivity contribution >= 4 is 10.0 Å². The zero-order valence-corrected chi connectivity index (χ0v) is 13.4. The highest BCUT2D eigenvalue weighted by Gasteiger charge is 2.36. The van der Waals surface area contributed by atoms with Crippen molar-refractivity contribution in [2.75, 3.05) is 33.9 Å². The SMILES string of the molecule is CCCN(C1CNC1)S(=O)(=O)c1cc(OC)ccc1OC. The van der Waals surface area contributed by atoms with Crippen molar-refractivity contribution in [3.8, 4) is 11.5 Å². The van der Waals surface area contributed by atoms with Crippen molar-refractivity contribution < 1.29 is 17.9 Å². The molecule has 1 saturated heterocycles. The highest BCUT2D eigenvalue weighted by molar-refractivity contribution is 7.89. The standard InChI is InChI=1S/C14H22N2O4S/c1-4-7-16(11-9-15-10-11)21(17,18)14-8-12(19-2)5-6-13(14)20-3/h5-6,8,11,15H,4,7,9-10H2,1-3H3. The van der Waals surface area contributed by atoms with Crippen LogP contribution in [0.4, 0.5) is 0 Å². The molecule has 0 spiro atoms. The first-order valence-electron chi connectivity index (χ1n) is 6.99. The summed E-state index contributed by atoms with van der Waals surface area (Å²) >= 11 is 0. The van der Waals surface area contributed by atoms with Gasteiger partial charge in [0.25, 0.3) is 0 Å². The minimum atomic E-state index is -3.61. The molecule has 0 aliphatic carbocycles. The maximum atomic E-state index is 13.0. The summed E-state index contributed by atoms with van der Waals surface area (Å²) in [4.78, 5) is 0.157. The summed E-state index contributed by atoms with van der Waals surface area (Å²) in [6, 6.07) is 4.83. The highest BCUT2D eigenvalue weighted by atomic mass is 32.2. The Kier molecular flexibility index (Phi) is 5.08. The molecule has 1 aliphatic heterocycles. The van der Waals surface area contributed by atoms with Gasteiger partial charge in [0.05, 0.1) is 20.3 Å². The van der Waals surface area contributed by atoms with E-state index >= 15 is 0 Å². The Hall–Kier alpha value is -1.31. The Morgan fingerprint density at radius 1 is 1.29 bits per heavy atom. The van der Waals surface area contributed by atoms with E-state index in [1.165, 1.54) is 20.3 Å². The van der Waals surface area contributed by atoms with Crippen LogP contribution in [0.2, 0.25) is 0 Å². The van der Waals surface area contributed by atoms with Gasteiger partial charge in [-0.3, -0.25) is 0 Å². The Balaban J connectivity index is 2.45. The molecule has 1 aromatic carbocycles. The van der Waals surface area contributed by atoms with Gasteiger partial charge in [0.15, 0.2) is 0 Å². The lowest BCUT2D eigenvalue weighted by Gasteiger charge is -2.37. The molecule has 1 aromatic rings. The van der Waals surface area contributed by atoms with E-state index in [1.807, 2.05) is 6.92 Å². The lowest BCUT2D eigenvalue weighted by molar-refractivity contribution is 0.241. The summed E-state index contributed by atoms with van der Waals surface area (Å²) < 4.78 is 37.8. The fourth-order valence-corrected chi connectivity index (χ4v) is 4.20. The lowest BCUT2D eigenvalue weighted by Crippen LogP contribution is -2.58. The van der Waals surface area contributed by atoms with E-state index in [0.717, 1.165) is 6.42 Å². The van der Waals surface area contributed by atoms with Gasteiger partial charge in [-0.1, -0.05) is 6.92 Å². The second-order valence-corrected chi connectivity index (χ2v) is 6.80. The molecule has 1 heterocycles. The fraction of sp³-hybridized carbons (Fsp3) is 0.571. The van der Waals surface area contributed by atoms with E-state index in [4.69, 9.17) is 9.47 Å². The van der Waals surface area contributed by atoms with Crippen LogP contribution in [0.15, 0.2) is 23.1 Å². The summed E-state index contributed by atoms with van der Waals surface area (Å²) in [6.45, 7) is 3.84. The average molecular weight is 314 g/mol. The highest BCUT2D eigenvalue weighted by Crippen LogP contribution is 2.31. The molecule has 0 aromatic heterocycles. The first-order valence-corrected chi connectivity index (χ1v) is 8.43. The molecule has 0 amide bonds. The molecular weight excluding hydrogens is 292 g/mol. The number of sulfonamides is 1. The molecule has 7 heteroatoms. The number of methoxy groups -OCH3 is 2. The molecular formula is C14H22N2O4S. The third-order valence-electron chi connectivity index (χ3n) is 3.57. The molecule has 118 valence electrons. The van der Waals surface area contributed by atoms with Gasteiger partial charge >= 0.3 is 0 Å². The van der Waals surface area contributed by atoms with Gasteiger partial charge in [0.2, 0.25) is 10.0 Å². The van der Waals surface area contributed by atoms with Crippen LogP contribution in [0.25, 0.3) is 0 Å². The van der Waals surface area contributed by atoms with E-state index in [9.17, 15) is 8.42 Å². The third kappa shape index (κ3) is 3.14. The second-order valence-electron chi connectivity index (χ2n) is 4.94. The van der Waals surface area contributed by atoms with E-state index in [2.05, 4.69) is 5.32 Å². The number of ether oxygens (including phenoxy) is 2. The number of nitrogens with one attached hydrogen (secondary N) is 1. The molecule has 1 fully saturated rings. The van der Waals surface area contributed by atoms with Crippen LogP contribution in [0.5, 0.6) is 11.5 Å². The van der Waals surface area contributed by atoms with Gasteiger partial charge in [-0.05, 0) is 18.6 Å². The predicted molar refractivity (Wildman–Crippen MR) is 80.4 cm³/mol. The van der Waals surface area contributed by atoms with Crippen molar-refractivity contribution in [1.82, 2.24) is 9.62 Å². The van der Waals surface area contributed by atoms with Gasteiger partial charge in [-0.15, -0.1) is 0 Å². The van der Waals surface area contributed by atoms with Gasteiger partial charge in [-0.25, -0.2) is 8.42 Å². The second kappa shape index (κ2) is 6.64. The maximum Gasteiger partial charge on any atom is 0.247 e. The topological polar surface area (TPSA) is 67.9 Å². The lowest BCUT2D eigenvalue weighted by atomic mass is 10.2. The molecule has 0 atom stereocenters. The first-order chi connectivity index (χ1) is 10.0. The quantitative estimate of drug-likeness (QED) is 0.815. The van der Waals surface area contributed by atoms with Gasteiger partial charge < -0.3 is 14.8 Å². The van der Waals surface area contributed by atoms with E-state index < -0.39 is 10.0 Å². The third-order valence-corrected chi connectivity index (χ3v) is 5.54. The Labute approximate surface area is 126 Å². The van der Waals surface area contributed by atoms with E-state index in [1.54, 1.807) is 16.4 Å². The summed E-state index contributed by atoms with van der Waals surface area (Å²) in [6.07, 6.45) is 0.766. The summed E-state index contributed by atoms with van der Waals surface area (Å²) in [5.74, 6) is 0.835. The normalized spacial score (nSPS) is 15.8. The van der Waals surface area contributed by atoms with Crippen molar-refractivity contribution in [3.63, 3.8) is 0 Å². The number of rotatable bonds is 7. The number of benzene rings is 1. The molecule has 0 saturated carbocycles. The van der Waals surface area contributed by atoms with Crippen molar-refractivity contribution in [2.45, 2.75) is 24.3 Å². The first kappa shape index (κ1) is 16.1. The molecule has 1 N–H and O–H groups in total. The molecule has 0 bridgehead atoms. The Morgan fingerprint density at radius 2 is 2.00 bits per heavy atom. The summed E-state index contributed by atoms with van der Waals surface area (Å²) in [5.41, 5.74) is 0. The zero-order chi connectivity index (χ0) is 15.5. The van der Waals surface area contributed by atoms with Gasteiger partial charge in [0, 0.05) is 25.7 Å². The van der Waals surface area contributed by atoms with Crippen molar-refractivity contribution in [3.05, 3.63) is 18.2 Å². The smallest absolute Gasteiger partial charge is 0.247 e. The minimum Gasteiger partial charge on any atom is -0.497 e. The van der Waals surface area contributed by atoms with Crippen LogP contribution in [0.1, 0.15) is 13.3 Å². The molecule has 21 heavy (non-hydrogen) atoms. The molecule has 6 nitrogen and oxygen atoms in total. The number of hydrogen-bond donors (Lipinski definition) is 1. The predicted octanol–water partition coefficient (Wildman–Crippen LogP) is 1.08. The molecule has 0 unspecified atom stereocenters. The maximum absolute atomic E-state index is 13.0. The summed E-state index contributed by atoms with van der Waals surface area (Å²) in [5, 5.41) is 3.11. The number of hydrogen-bond acceptors (Lipinski definition) is 5. The minimum absolute atomic E-state index is 0.00542. The van der Waals surface area contributed by atoms with Gasteiger partial charge in [0.1, 0.15) is 16.4 Å². The van der Waals surface area contributed by atoms with Crippen LogP contribution in [-0.2, 0) is 10.0 Å². The van der Waals surface area contributed by atoms with Crippen molar-refractivity contribution in [1.29, 1.82) is 0 Å². The largest absolute Gasteiger partial charge is 0.497 e. The average Bonchev–Trinajstić information content (AvgIpc) is 2.44. The van der Waals surface area contributed by atoms with Crippen LogP contribution in [0, 0.1) is 0 Å².